The Morgan fingerprint density at radius 1 is 1.31 bits per heavy atom. The Labute approximate surface area is 98.1 Å². The van der Waals surface area contributed by atoms with E-state index in [2.05, 4.69) is 11.1 Å². The molecule has 0 fully saturated rings. The quantitative estimate of drug-likeness (QED) is 0.658. The van der Waals surface area contributed by atoms with E-state index in [1.807, 2.05) is 26.1 Å². The normalized spacial score (nSPS) is 10.7. The van der Waals surface area contributed by atoms with Gasteiger partial charge in [0.1, 0.15) is 5.78 Å². The Morgan fingerprint density at radius 3 is 2.75 bits per heavy atom. The molecule has 0 saturated heterocycles. The number of nitrogens with zero attached hydrogens (tertiary/aromatic N) is 1. The van der Waals surface area contributed by atoms with Crippen molar-refractivity contribution < 1.29 is 4.79 Å². The Bertz CT molecular complexity index is 306. The van der Waals surface area contributed by atoms with Crippen LogP contribution in [0.25, 0.3) is 0 Å². The molecular weight excluding hydrogens is 198 g/mol. The number of unbranched alkanes of at least 4 members (excludes halogenated alkanes) is 2. The monoisotopic (exact) mass is 219 g/mol. The summed E-state index contributed by atoms with van der Waals surface area (Å²) in [6, 6.07) is 4.07. The zero-order valence-electron chi connectivity index (χ0n) is 10.3. The Balaban J connectivity index is 2.07. The number of rotatable bonds is 7. The standard InChI is InChI=1S/C14H21NO/c1-12(2)14(16)9-5-3-4-7-13-8-6-10-15-11-13/h6,8,10-12H,3-5,7,9H2,1-2H3. The second kappa shape index (κ2) is 7.15. The number of hydrogen-bond acceptors (Lipinski definition) is 2. The Kier molecular flexibility index (Phi) is 5.76. The molecule has 0 aliphatic carbocycles. The summed E-state index contributed by atoms with van der Waals surface area (Å²) in [6.07, 6.45) is 8.83. The molecule has 0 aromatic carbocycles. The molecule has 0 unspecified atom stereocenters. The summed E-state index contributed by atoms with van der Waals surface area (Å²) in [5.74, 6) is 0.583. The van der Waals surface area contributed by atoms with Gasteiger partial charge in [-0.15, -0.1) is 0 Å². The first-order valence-corrected chi connectivity index (χ1v) is 6.12. The molecule has 1 rings (SSSR count). The molecule has 0 aliphatic rings. The number of ketones is 1. The first-order chi connectivity index (χ1) is 7.70. The van der Waals surface area contributed by atoms with Crippen LogP contribution in [0, 0.1) is 5.92 Å². The number of aromatic nitrogens is 1. The predicted octanol–water partition coefficient (Wildman–Crippen LogP) is 3.41. The molecule has 2 heteroatoms. The highest BCUT2D eigenvalue weighted by Crippen LogP contribution is 2.09. The zero-order valence-corrected chi connectivity index (χ0v) is 10.3. The summed E-state index contributed by atoms with van der Waals surface area (Å²) >= 11 is 0. The van der Waals surface area contributed by atoms with Crippen LogP contribution in [-0.4, -0.2) is 10.8 Å². The number of hydrogen-bond donors (Lipinski definition) is 0. The van der Waals surface area contributed by atoms with Gasteiger partial charge in [0.25, 0.3) is 0 Å². The second-order valence-electron chi connectivity index (χ2n) is 4.54. The van der Waals surface area contributed by atoms with Crippen LogP contribution >= 0.6 is 0 Å². The average Bonchev–Trinajstić information content (AvgIpc) is 2.29. The van der Waals surface area contributed by atoms with Crippen LogP contribution in [0.1, 0.15) is 45.1 Å². The van der Waals surface area contributed by atoms with Crippen LogP contribution in [0.3, 0.4) is 0 Å². The SMILES string of the molecule is CC(C)C(=O)CCCCCc1cccnc1. The van der Waals surface area contributed by atoms with Crippen molar-refractivity contribution in [3.63, 3.8) is 0 Å². The van der Waals surface area contributed by atoms with Gasteiger partial charge in [0, 0.05) is 24.7 Å². The second-order valence-corrected chi connectivity index (χ2v) is 4.54. The molecule has 0 amide bonds. The van der Waals surface area contributed by atoms with E-state index in [1.165, 1.54) is 5.56 Å². The fourth-order valence-electron chi connectivity index (χ4n) is 1.64. The molecule has 0 aliphatic heterocycles. The van der Waals surface area contributed by atoms with Crippen molar-refractivity contribution in [3.8, 4) is 0 Å². The maximum atomic E-state index is 11.4. The molecule has 0 saturated carbocycles. The molecule has 0 radical (unpaired) electrons. The van der Waals surface area contributed by atoms with E-state index in [9.17, 15) is 4.79 Å². The van der Waals surface area contributed by atoms with Gasteiger partial charge < -0.3 is 0 Å². The first-order valence-electron chi connectivity index (χ1n) is 6.12. The highest BCUT2D eigenvalue weighted by molar-refractivity contribution is 5.80. The van der Waals surface area contributed by atoms with E-state index in [1.54, 1.807) is 6.20 Å². The third-order valence-corrected chi connectivity index (χ3v) is 2.76. The van der Waals surface area contributed by atoms with Crippen molar-refractivity contribution >= 4 is 5.78 Å². The smallest absolute Gasteiger partial charge is 0.135 e. The van der Waals surface area contributed by atoms with E-state index in [0.717, 1.165) is 32.1 Å². The summed E-state index contributed by atoms with van der Waals surface area (Å²) < 4.78 is 0. The van der Waals surface area contributed by atoms with Crippen molar-refractivity contribution in [1.29, 1.82) is 0 Å². The van der Waals surface area contributed by atoms with E-state index < -0.39 is 0 Å². The van der Waals surface area contributed by atoms with Crippen molar-refractivity contribution in [3.05, 3.63) is 30.1 Å². The summed E-state index contributed by atoms with van der Waals surface area (Å²) in [4.78, 5) is 15.4. The maximum absolute atomic E-state index is 11.4. The lowest BCUT2D eigenvalue weighted by Crippen LogP contribution is -2.06. The molecule has 2 nitrogen and oxygen atoms in total. The van der Waals surface area contributed by atoms with Gasteiger partial charge in [0.05, 0.1) is 0 Å². The van der Waals surface area contributed by atoms with Crippen molar-refractivity contribution in [2.45, 2.75) is 46.0 Å². The molecular formula is C14H21NO. The average molecular weight is 219 g/mol. The molecule has 0 atom stereocenters. The topological polar surface area (TPSA) is 30.0 Å². The van der Waals surface area contributed by atoms with Gasteiger partial charge in [-0.3, -0.25) is 9.78 Å². The molecule has 1 aromatic rings. The van der Waals surface area contributed by atoms with Crippen LogP contribution < -0.4 is 0 Å². The van der Waals surface area contributed by atoms with Crippen molar-refractivity contribution in [1.82, 2.24) is 4.98 Å². The van der Waals surface area contributed by atoms with Crippen LogP contribution in [0.5, 0.6) is 0 Å². The van der Waals surface area contributed by atoms with Crippen LogP contribution in [0.2, 0.25) is 0 Å². The van der Waals surface area contributed by atoms with Gasteiger partial charge in [-0.05, 0) is 30.9 Å². The summed E-state index contributed by atoms with van der Waals surface area (Å²) in [5.41, 5.74) is 1.29. The lowest BCUT2D eigenvalue weighted by molar-refractivity contribution is -0.122. The molecule has 0 bridgehead atoms. The largest absolute Gasteiger partial charge is 0.299 e. The van der Waals surface area contributed by atoms with E-state index >= 15 is 0 Å². The molecule has 1 heterocycles. The van der Waals surface area contributed by atoms with Crippen molar-refractivity contribution in [2.75, 3.05) is 0 Å². The van der Waals surface area contributed by atoms with Crippen molar-refractivity contribution in [2.24, 2.45) is 5.92 Å². The van der Waals surface area contributed by atoms with E-state index in [4.69, 9.17) is 0 Å². The highest BCUT2D eigenvalue weighted by atomic mass is 16.1. The molecule has 0 spiro atoms. The van der Waals surface area contributed by atoms with E-state index in [-0.39, 0.29) is 5.92 Å². The van der Waals surface area contributed by atoms with Gasteiger partial charge in [-0.25, -0.2) is 0 Å². The third-order valence-electron chi connectivity index (χ3n) is 2.76. The number of carbonyl (C=O) groups excluding carboxylic acids is 1. The van der Waals surface area contributed by atoms with Crippen LogP contribution in [-0.2, 0) is 11.2 Å². The number of aryl methyl sites for hydroxylation is 1. The minimum atomic E-state index is 0.193. The fourth-order valence-corrected chi connectivity index (χ4v) is 1.64. The van der Waals surface area contributed by atoms with Gasteiger partial charge in [0.2, 0.25) is 0 Å². The molecule has 16 heavy (non-hydrogen) atoms. The van der Waals surface area contributed by atoms with Crippen LogP contribution in [0.4, 0.5) is 0 Å². The number of pyridine rings is 1. The van der Waals surface area contributed by atoms with E-state index in [0.29, 0.717) is 5.78 Å². The molecule has 1 aromatic heterocycles. The number of carbonyl (C=O) groups is 1. The Hall–Kier alpha value is -1.18. The fraction of sp³-hybridized carbons (Fsp3) is 0.571. The zero-order chi connectivity index (χ0) is 11.8. The summed E-state index contributed by atoms with van der Waals surface area (Å²) in [7, 11) is 0. The van der Waals surface area contributed by atoms with Gasteiger partial charge in [-0.1, -0.05) is 26.3 Å². The minimum absolute atomic E-state index is 0.193. The molecule has 88 valence electrons. The lowest BCUT2D eigenvalue weighted by atomic mass is 10.0. The van der Waals surface area contributed by atoms with Gasteiger partial charge >= 0.3 is 0 Å². The number of Topliss-reactive ketones (excluding diaryl/α,β-unsaturated/α-hetero) is 1. The first kappa shape index (κ1) is 12.9. The lowest BCUT2D eigenvalue weighted by Gasteiger charge is -2.04. The summed E-state index contributed by atoms with van der Waals surface area (Å²) in [6.45, 7) is 3.94. The molecule has 0 N–H and O–H groups in total. The maximum Gasteiger partial charge on any atom is 0.135 e. The van der Waals surface area contributed by atoms with Gasteiger partial charge in [-0.2, -0.15) is 0 Å². The highest BCUT2D eigenvalue weighted by Gasteiger charge is 2.05. The van der Waals surface area contributed by atoms with Gasteiger partial charge in [0.15, 0.2) is 0 Å². The predicted molar refractivity (Wildman–Crippen MR) is 66.3 cm³/mol. The minimum Gasteiger partial charge on any atom is -0.299 e. The third kappa shape index (κ3) is 5.06. The summed E-state index contributed by atoms with van der Waals surface area (Å²) in [5, 5.41) is 0. The van der Waals surface area contributed by atoms with Crippen LogP contribution in [0.15, 0.2) is 24.5 Å². The Morgan fingerprint density at radius 2 is 2.12 bits per heavy atom.